The van der Waals surface area contributed by atoms with Gasteiger partial charge in [-0.2, -0.15) is 0 Å². The Kier molecular flexibility index (Phi) is 7.21. The van der Waals surface area contributed by atoms with E-state index >= 15 is 0 Å². The number of benzene rings is 2. The van der Waals surface area contributed by atoms with Gasteiger partial charge >= 0.3 is 0 Å². The Morgan fingerprint density at radius 2 is 2.04 bits per heavy atom. The molecule has 0 aliphatic rings. The highest BCUT2D eigenvalue weighted by Crippen LogP contribution is 2.19. The number of rotatable bonds is 8. The van der Waals surface area contributed by atoms with E-state index in [1.807, 2.05) is 6.07 Å². The van der Waals surface area contributed by atoms with Gasteiger partial charge in [-0.15, -0.1) is 0 Å². The van der Waals surface area contributed by atoms with Crippen molar-refractivity contribution in [3.05, 3.63) is 58.3 Å². The number of hydrogen-bond donors (Lipinski definition) is 1. The minimum absolute atomic E-state index is 0.175. The summed E-state index contributed by atoms with van der Waals surface area (Å²) < 4.78 is 24.8. The Morgan fingerprint density at radius 1 is 1.21 bits per heavy atom. The molecular formula is C18H19BrFNO3. The van der Waals surface area contributed by atoms with Crippen LogP contribution in [-0.2, 0) is 16.0 Å². The monoisotopic (exact) mass is 395 g/mol. The van der Waals surface area contributed by atoms with Crippen LogP contribution in [0.3, 0.4) is 0 Å². The van der Waals surface area contributed by atoms with Crippen LogP contribution in [0.1, 0.15) is 12.0 Å². The van der Waals surface area contributed by atoms with Crippen LogP contribution in [0, 0.1) is 5.82 Å². The molecule has 0 aromatic heterocycles. The number of methoxy groups -OCH3 is 1. The van der Waals surface area contributed by atoms with Crippen LogP contribution in [0.25, 0.3) is 0 Å². The van der Waals surface area contributed by atoms with E-state index in [0.717, 1.165) is 0 Å². The summed E-state index contributed by atoms with van der Waals surface area (Å²) in [6.07, 6.45) is 0.544. The molecule has 4 nitrogen and oxygen atoms in total. The molecular weight excluding hydrogens is 377 g/mol. The number of hydrogen-bond acceptors (Lipinski definition) is 3. The summed E-state index contributed by atoms with van der Waals surface area (Å²) >= 11 is 3.21. The summed E-state index contributed by atoms with van der Waals surface area (Å²) in [6, 6.07) is 12.0. The fraction of sp³-hybridized carbons (Fsp3) is 0.278. The van der Waals surface area contributed by atoms with Crippen molar-refractivity contribution in [1.82, 2.24) is 0 Å². The van der Waals surface area contributed by atoms with E-state index in [1.54, 1.807) is 37.4 Å². The second kappa shape index (κ2) is 9.39. The number of nitrogens with one attached hydrogen (secondary N) is 1. The molecule has 2 aromatic carbocycles. The summed E-state index contributed by atoms with van der Waals surface area (Å²) in [6.45, 7) is 0.937. The molecule has 0 fully saturated rings. The van der Waals surface area contributed by atoms with Crippen molar-refractivity contribution in [2.75, 3.05) is 25.6 Å². The number of anilines is 1. The van der Waals surface area contributed by atoms with Gasteiger partial charge in [-0.3, -0.25) is 4.79 Å². The molecule has 0 aliphatic heterocycles. The summed E-state index contributed by atoms with van der Waals surface area (Å²) in [4.78, 5) is 12.0. The minimum Gasteiger partial charge on any atom is -0.491 e. The van der Waals surface area contributed by atoms with Gasteiger partial charge in [0.2, 0.25) is 5.91 Å². The predicted molar refractivity (Wildman–Crippen MR) is 94.9 cm³/mol. The van der Waals surface area contributed by atoms with E-state index in [0.29, 0.717) is 41.1 Å². The molecule has 0 heterocycles. The van der Waals surface area contributed by atoms with Crippen LogP contribution in [0.5, 0.6) is 5.75 Å². The summed E-state index contributed by atoms with van der Waals surface area (Å²) in [7, 11) is 1.61. The van der Waals surface area contributed by atoms with Gasteiger partial charge in [-0.1, -0.05) is 28.1 Å². The van der Waals surface area contributed by atoms with Crippen LogP contribution in [0.15, 0.2) is 46.9 Å². The van der Waals surface area contributed by atoms with Crippen molar-refractivity contribution in [2.45, 2.75) is 12.8 Å². The highest BCUT2D eigenvalue weighted by atomic mass is 79.9. The molecule has 2 aromatic rings. The first-order valence-electron chi connectivity index (χ1n) is 7.54. The Labute approximate surface area is 149 Å². The molecule has 0 saturated carbocycles. The lowest BCUT2D eigenvalue weighted by atomic mass is 10.1. The maximum atomic E-state index is 13.7. The van der Waals surface area contributed by atoms with Crippen LogP contribution < -0.4 is 10.1 Å². The standard InChI is InChI=1S/C18H19BrFNO3/c1-23-9-10-24-16-4-2-3-15(12-16)21-18(22)8-6-13-5-7-14(19)11-17(13)20/h2-5,7,11-12H,6,8-10H2,1H3,(H,21,22). The number of halogens is 2. The molecule has 0 unspecified atom stereocenters. The van der Waals surface area contributed by atoms with Crippen molar-refractivity contribution in [1.29, 1.82) is 0 Å². The van der Waals surface area contributed by atoms with Gasteiger partial charge in [0.05, 0.1) is 6.61 Å². The molecule has 0 radical (unpaired) electrons. The highest BCUT2D eigenvalue weighted by Gasteiger charge is 2.08. The van der Waals surface area contributed by atoms with Crippen LogP contribution in [0.2, 0.25) is 0 Å². The molecule has 24 heavy (non-hydrogen) atoms. The van der Waals surface area contributed by atoms with Gasteiger partial charge in [0.1, 0.15) is 18.2 Å². The first kappa shape index (κ1) is 18.4. The molecule has 0 bridgehead atoms. The fourth-order valence-corrected chi connectivity index (χ4v) is 2.44. The van der Waals surface area contributed by atoms with Gasteiger partial charge in [-0.25, -0.2) is 4.39 Å². The van der Waals surface area contributed by atoms with Crippen molar-refractivity contribution < 1.29 is 18.7 Å². The van der Waals surface area contributed by atoms with E-state index in [4.69, 9.17) is 9.47 Å². The number of aryl methyl sites for hydroxylation is 1. The minimum atomic E-state index is -0.314. The quantitative estimate of drug-likeness (QED) is 0.681. The van der Waals surface area contributed by atoms with Gasteiger partial charge < -0.3 is 14.8 Å². The van der Waals surface area contributed by atoms with Gasteiger partial charge in [-0.05, 0) is 36.2 Å². The maximum absolute atomic E-state index is 13.7. The molecule has 0 spiro atoms. The van der Waals surface area contributed by atoms with Crippen molar-refractivity contribution in [2.24, 2.45) is 0 Å². The number of amides is 1. The third kappa shape index (κ3) is 5.94. The molecule has 128 valence electrons. The lowest BCUT2D eigenvalue weighted by Gasteiger charge is -2.09. The highest BCUT2D eigenvalue weighted by molar-refractivity contribution is 9.10. The lowest BCUT2D eigenvalue weighted by Crippen LogP contribution is -2.13. The third-order valence-corrected chi connectivity index (χ3v) is 3.80. The average Bonchev–Trinajstić information content (AvgIpc) is 2.55. The maximum Gasteiger partial charge on any atom is 0.224 e. The Hall–Kier alpha value is -1.92. The summed E-state index contributed by atoms with van der Waals surface area (Å²) in [5.74, 6) is 0.167. The van der Waals surface area contributed by atoms with E-state index in [1.165, 1.54) is 6.07 Å². The molecule has 2 rings (SSSR count). The van der Waals surface area contributed by atoms with Crippen molar-refractivity contribution >= 4 is 27.5 Å². The number of carbonyl (C=O) groups is 1. The topological polar surface area (TPSA) is 47.6 Å². The Morgan fingerprint density at radius 3 is 2.79 bits per heavy atom. The second-order valence-corrected chi connectivity index (χ2v) is 6.07. The van der Waals surface area contributed by atoms with Crippen LogP contribution in [0.4, 0.5) is 10.1 Å². The van der Waals surface area contributed by atoms with E-state index < -0.39 is 0 Å². The molecule has 0 saturated heterocycles. The molecule has 0 aliphatic carbocycles. The zero-order chi connectivity index (χ0) is 17.4. The van der Waals surface area contributed by atoms with Crippen LogP contribution in [-0.4, -0.2) is 26.2 Å². The van der Waals surface area contributed by atoms with Crippen LogP contribution >= 0.6 is 15.9 Å². The first-order valence-corrected chi connectivity index (χ1v) is 8.33. The molecule has 1 amide bonds. The van der Waals surface area contributed by atoms with Gasteiger partial charge in [0, 0.05) is 29.8 Å². The average molecular weight is 396 g/mol. The summed E-state index contributed by atoms with van der Waals surface area (Å²) in [5, 5.41) is 2.79. The van der Waals surface area contributed by atoms with Crippen molar-refractivity contribution in [3.63, 3.8) is 0 Å². The van der Waals surface area contributed by atoms with Crippen molar-refractivity contribution in [3.8, 4) is 5.75 Å². The second-order valence-electron chi connectivity index (χ2n) is 5.15. The largest absolute Gasteiger partial charge is 0.491 e. The number of ether oxygens (including phenoxy) is 2. The van der Waals surface area contributed by atoms with E-state index in [2.05, 4.69) is 21.2 Å². The predicted octanol–water partition coefficient (Wildman–Crippen LogP) is 4.18. The number of carbonyl (C=O) groups excluding carboxylic acids is 1. The molecule has 6 heteroatoms. The Bertz CT molecular complexity index is 694. The Balaban J connectivity index is 1.86. The zero-order valence-corrected chi connectivity index (χ0v) is 14.9. The SMILES string of the molecule is COCCOc1cccc(NC(=O)CCc2ccc(Br)cc2F)c1. The van der Waals surface area contributed by atoms with E-state index in [-0.39, 0.29) is 18.1 Å². The smallest absolute Gasteiger partial charge is 0.224 e. The van der Waals surface area contributed by atoms with E-state index in [9.17, 15) is 9.18 Å². The third-order valence-electron chi connectivity index (χ3n) is 3.31. The van der Waals surface area contributed by atoms with Gasteiger partial charge in [0.25, 0.3) is 0 Å². The zero-order valence-electron chi connectivity index (χ0n) is 13.4. The normalized spacial score (nSPS) is 10.5. The summed E-state index contributed by atoms with van der Waals surface area (Å²) in [5.41, 5.74) is 1.16. The molecule has 0 atom stereocenters. The fourth-order valence-electron chi connectivity index (χ4n) is 2.10. The first-order chi connectivity index (χ1) is 11.6. The lowest BCUT2D eigenvalue weighted by molar-refractivity contribution is -0.116. The molecule has 1 N–H and O–H groups in total. The van der Waals surface area contributed by atoms with Gasteiger partial charge in [0.15, 0.2) is 0 Å².